The van der Waals surface area contributed by atoms with Crippen molar-refractivity contribution in [2.75, 3.05) is 13.6 Å². The van der Waals surface area contributed by atoms with Crippen LogP contribution >= 0.6 is 11.6 Å². The van der Waals surface area contributed by atoms with E-state index in [1.165, 1.54) is 12.1 Å². The summed E-state index contributed by atoms with van der Waals surface area (Å²) in [6, 6.07) is 2.77. The monoisotopic (exact) mass is 255 g/mol. The SMILES string of the molecule is CNCC1(C(=O)c2cc(F)c(C)cc2Cl)CC1. The number of Topliss-reactive ketones (excluding diaryl/α,β-unsaturated/α-hetero) is 1. The second-order valence-corrected chi connectivity index (χ2v) is 5.13. The molecular formula is C13H15ClFNO. The fourth-order valence-corrected chi connectivity index (χ4v) is 2.38. The van der Waals surface area contributed by atoms with Gasteiger partial charge in [-0.25, -0.2) is 4.39 Å². The maximum atomic E-state index is 13.5. The summed E-state index contributed by atoms with van der Waals surface area (Å²) in [5, 5.41) is 3.35. The number of nitrogens with one attached hydrogen (secondary N) is 1. The lowest BCUT2D eigenvalue weighted by Crippen LogP contribution is -2.28. The first-order valence-corrected chi connectivity index (χ1v) is 6.03. The van der Waals surface area contributed by atoms with Crippen LogP contribution in [0.25, 0.3) is 0 Å². The Morgan fingerprint density at radius 2 is 2.18 bits per heavy atom. The molecule has 0 bridgehead atoms. The van der Waals surface area contributed by atoms with E-state index in [1.807, 2.05) is 7.05 Å². The lowest BCUT2D eigenvalue weighted by Gasteiger charge is -2.14. The van der Waals surface area contributed by atoms with Gasteiger partial charge in [-0.3, -0.25) is 4.79 Å². The summed E-state index contributed by atoms with van der Waals surface area (Å²) >= 11 is 6.02. The van der Waals surface area contributed by atoms with Crippen LogP contribution in [-0.4, -0.2) is 19.4 Å². The minimum atomic E-state index is -0.377. The molecule has 1 aromatic carbocycles. The molecule has 0 aliphatic heterocycles. The van der Waals surface area contributed by atoms with Gasteiger partial charge >= 0.3 is 0 Å². The molecule has 0 aromatic heterocycles. The zero-order valence-electron chi connectivity index (χ0n) is 9.94. The maximum Gasteiger partial charge on any atom is 0.171 e. The number of carbonyl (C=O) groups excluding carboxylic acids is 1. The Morgan fingerprint density at radius 1 is 1.53 bits per heavy atom. The number of carbonyl (C=O) groups is 1. The van der Waals surface area contributed by atoms with Crippen molar-refractivity contribution in [3.8, 4) is 0 Å². The third kappa shape index (κ3) is 2.22. The zero-order chi connectivity index (χ0) is 12.6. The van der Waals surface area contributed by atoms with E-state index < -0.39 is 0 Å². The maximum absolute atomic E-state index is 13.5. The van der Waals surface area contributed by atoms with Gasteiger partial charge in [-0.15, -0.1) is 0 Å². The second-order valence-electron chi connectivity index (χ2n) is 4.72. The number of rotatable bonds is 4. The van der Waals surface area contributed by atoms with E-state index in [-0.39, 0.29) is 17.0 Å². The topological polar surface area (TPSA) is 29.1 Å². The van der Waals surface area contributed by atoms with Crippen LogP contribution < -0.4 is 5.32 Å². The van der Waals surface area contributed by atoms with Crippen molar-refractivity contribution in [2.24, 2.45) is 5.41 Å². The standard InChI is InChI=1S/C13H15ClFNO/c1-8-5-10(14)9(6-11(8)15)12(17)13(3-4-13)7-16-2/h5-6,16H,3-4,7H2,1-2H3. The fourth-order valence-electron chi connectivity index (χ4n) is 2.08. The largest absolute Gasteiger partial charge is 0.319 e. The van der Waals surface area contributed by atoms with Gasteiger partial charge in [0.25, 0.3) is 0 Å². The summed E-state index contributed by atoms with van der Waals surface area (Å²) < 4.78 is 13.5. The van der Waals surface area contributed by atoms with Crippen molar-refractivity contribution in [1.82, 2.24) is 5.32 Å². The molecule has 0 atom stereocenters. The quantitative estimate of drug-likeness (QED) is 0.838. The van der Waals surface area contributed by atoms with Crippen LogP contribution in [-0.2, 0) is 0 Å². The first-order valence-electron chi connectivity index (χ1n) is 5.65. The fraction of sp³-hybridized carbons (Fsp3) is 0.462. The predicted molar refractivity (Wildman–Crippen MR) is 66.1 cm³/mol. The third-order valence-corrected chi connectivity index (χ3v) is 3.66. The van der Waals surface area contributed by atoms with Crippen LogP contribution in [0, 0.1) is 18.2 Å². The van der Waals surface area contributed by atoms with Gasteiger partial charge in [0.1, 0.15) is 5.82 Å². The number of hydrogen-bond donors (Lipinski definition) is 1. The van der Waals surface area contributed by atoms with Crippen LogP contribution in [0.5, 0.6) is 0 Å². The average Bonchev–Trinajstić information content (AvgIpc) is 3.04. The molecule has 0 unspecified atom stereocenters. The van der Waals surface area contributed by atoms with Crippen LogP contribution in [0.1, 0.15) is 28.8 Å². The summed E-state index contributed by atoms with van der Waals surface area (Å²) in [6.07, 6.45) is 1.69. The zero-order valence-corrected chi connectivity index (χ0v) is 10.7. The highest BCUT2D eigenvalue weighted by molar-refractivity contribution is 6.34. The number of ketones is 1. The summed E-state index contributed by atoms with van der Waals surface area (Å²) in [5.41, 5.74) is 0.410. The molecule has 1 N–H and O–H groups in total. The summed E-state index contributed by atoms with van der Waals surface area (Å²) in [6.45, 7) is 2.26. The molecule has 0 amide bonds. The lowest BCUT2D eigenvalue weighted by atomic mass is 9.94. The van der Waals surface area contributed by atoms with Crippen molar-refractivity contribution in [3.63, 3.8) is 0 Å². The van der Waals surface area contributed by atoms with Gasteiger partial charge in [0.05, 0.1) is 5.02 Å². The number of hydrogen-bond acceptors (Lipinski definition) is 2. The molecule has 0 spiro atoms. The molecular weight excluding hydrogens is 241 g/mol. The van der Waals surface area contributed by atoms with Gasteiger partial charge in [0, 0.05) is 17.5 Å². The molecule has 2 nitrogen and oxygen atoms in total. The molecule has 0 radical (unpaired) electrons. The molecule has 1 fully saturated rings. The minimum Gasteiger partial charge on any atom is -0.319 e. The predicted octanol–water partition coefficient (Wildman–Crippen LogP) is 2.97. The molecule has 1 aliphatic rings. The van der Waals surface area contributed by atoms with Crippen molar-refractivity contribution in [1.29, 1.82) is 0 Å². The van der Waals surface area contributed by atoms with Crippen LogP contribution in [0.3, 0.4) is 0 Å². The Bertz CT molecular complexity index is 469. The summed E-state index contributed by atoms with van der Waals surface area (Å²) in [5.74, 6) is -0.422. The average molecular weight is 256 g/mol. The van der Waals surface area contributed by atoms with E-state index in [0.29, 0.717) is 22.7 Å². The molecule has 17 heavy (non-hydrogen) atoms. The molecule has 92 valence electrons. The summed E-state index contributed by atoms with van der Waals surface area (Å²) in [4.78, 5) is 12.3. The number of aryl methyl sites for hydroxylation is 1. The number of halogens is 2. The van der Waals surface area contributed by atoms with E-state index in [2.05, 4.69) is 5.32 Å². The van der Waals surface area contributed by atoms with E-state index in [1.54, 1.807) is 6.92 Å². The first kappa shape index (κ1) is 12.5. The number of benzene rings is 1. The van der Waals surface area contributed by atoms with Crippen molar-refractivity contribution < 1.29 is 9.18 Å². The highest BCUT2D eigenvalue weighted by Gasteiger charge is 2.49. The molecule has 0 heterocycles. The highest BCUT2D eigenvalue weighted by atomic mass is 35.5. The van der Waals surface area contributed by atoms with Gasteiger partial charge in [-0.1, -0.05) is 11.6 Å². The van der Waals surface area contributed by atoms with E-state index in [4.69, 9.17) is 11.6 Å². The third-order valence-electron chi connectivity index (χ3n) is 3.34. The van der Waals surface area contributed by atoms with Gasteiger partial charge in [0.15, 0.2) is 5.78 Å². The molecule has 2 rings (SSSR count). The van der Waals surface area contributed by atoms with E-state index >= 15 is 0 Å². The Hall–Kier alpha value is -0.930. The second kappa shape index (κ2) is 4.39. The lowest BCUT2D eigenvalue weighted by molar-refractivity contribution is 0.0900. The Kier molecular flexibility index (Phi) is 3.23. The van der Waals surface area contributed by atoms with E-state index in [0.717, 1.165) is 12.8 Å². The van der Waals surface area contributed by atoms with Crippen molar-refractivity contribution in [2.45, 2.75) is 19.8 Å². The smallest absolute Gasteiger partial charge is 0.171 e. The van der Waals surface area contributed by atoms with Crippen LogP contribution in [0.2, 0.25) is 5.02 Å². The van der Waals surface area contributed by atoms with Gasteiger partial charge in [-0.05, 0) is 44.5 Å². The molecule has 0 saturated heterocycles. The summed E-state index contributed by atoms with van der Waals surface area (Å²) in [7, 11) is 1.81. The molecule has 1 saturated carbocycles. The van der Waals surface area contributed by atoms with Gasteiger partial charge in [-0.2, -0.15) is 0 Å². The molecule has 1 aliphatic carbocycles. The van der Waals surface area contributed by atoms with Gasteiger partial charge in [0.2, 0.25) is 0 Å². The van der Waals surface area contributed by atoms with Gasteiger partial charge < -0.3 is 5.32 Å². The van der Waals surface area contributed by atoms with Crippen LogP contribution in [0.15, 0.2) is 12.1 Å². The Morgan fingerprint density at radius 3 is 2.71 bits per heavy atom. The van der Waals surface area contributed by atoms with Crippen LogP contribution in [0.4, 0.5) is 4.39 Å². The first-order chi connectivity index (χ1) is 8.00. The Labute approximate surface area is 105 Å². The minimum absolute atomic E-state index is 0.0456. The van der Waals surface area contributed by atoms with Crippen molar-refractivity contribution >= 4 is 17.4 Å². The highest BCUT2D eigenvalue weighted by Crippen LogP contribution is 2.48. The molecule has 1 aromatic rings. The van der Waals surface area contributed by atoms with E-state index in [9.17, 15) is 9.18 Å². The normalized spacial score (nSPS) is 16.9. The Balaban J connectivity index is 2.35. The van der Waals surface area contributed by atoms with Crippen molar-refractivity contribution in [3.05, 3.63) is 34.1 Å². The molecule has 4 heteroatoms.